The van der Waals surface area contributed by atoms with Crippen LogP contribution < -0.4 is 4.74 Å². The number of hydrogen-bond acceptors (Lipinski definition) is 3. The van der Waals surface area contributed by atoms with E-state index in [0.717, 1.165) is 37.9 Å². The molecule has 4 aromatic carbocycles. The zero-order valence-corrected chi connectivity index (χ0v) is 25.5. The Morgan fingerprint density at radius 3 is 1.98 bits per heavy atom. The van der Waals surface area contributed by atoms with Crippen LogP contribution in [-0.4, -0.2) is 12.1 Å². The van der Waals surface area contributed by atoms with E-state index in [1.165, 1.54) is 84.0 Å². The lowest BCUT2D eigenvalue weighted by molar-refractivity contribution is -0.151. The maximum Gasteiger partial charge on any atom is 0.306 e. The van der Waals surface area contributed by atoms with Crippen molar-refractivity contribution in [2.24, 2.45) is 0 Å². The van der Waals surface area contributed by atoms with Crippen LogP contribution in [0.4, 0.5) is 0 Å². The van der Waals surface area contributed by atoms with Gasteiger partial charge in [0.05, 0.1) is 0 Å². The Hall–Kier alpha value is -3.33. The van der Waals surface area contributed by atoms with E-state index in [9.17, 15) is 4.79 Å². The van der Waals surface area contributed by atoms with Crippen molar-refractivity contribution >= 4 is 27.5 Å². The van der Waals surface area contributed by atoms with Gasteiger partial charge in [-0.25, -0.2) is 0 Å². The van der Waals surface area contributed by atoms with E-state index < -0.39 is 0 Å². The van der Waals surface area contributed by atoms with Crippen LogP contribution >= 0.6 is 0 Å². The fourth-order valence-corrected chi connectivity index (χ4v) is 6.66. The summed E-state index contributed by atoms with van der Waals surface area (Å²) in [6.45, 7) is 2.78. The largest absolute Gasteiger partial charge is 0.489 e. The van der Waals surface area contributed by atoms with Crippen LogP contribution in [0.2, 0.25) is 0 Å². The van der Waals surface area contributed by atoms with Crippen molar-refractivity contribution in [1.29, 1.82) is 0 Å². The summed E-state index contributed by atoms with van der Waals surface area (Å²) >= 11 is 0. The molecule has 0 heterocycles. The SMILES string of the molecule is CCCCCCCCCCCC(=O)O[C@H]1CCCC[C@@H]1c1ccc(OCc2c3ccccc3cc3ccccc23)cc1. The van der Waals surface area contributed by atoms with Gasteiger partial charge in [-0.15, -0.1) is 0 Å². The van der Waals surface area contributed by atoms with Gasteiger partial charge in [-0.05, 0) is 71.0 Å². The highest BCUT2D eigenvalue weighted by Crippen LogP contribution is 2.36. The van der Waals surface area contributed by atoms with E-state index in [1.54, 1.807) is 0 Å². The molecule has 42 heavy (non-hydrogen) atoms. The van der Waals surface area contributed by atoms with Gasteiger partial charge in [-0.3, -0.25) is 4.79 Å². The van der Waals surface area contributed by atoms with E-state index in [2.05, 4.69) is 85.8 Å². The van der Waals surface area contributed by atoms with Gasteiger partial charge >= 0.3 is 5.97 Å². The molecule has 4 aromatic rings. The van der Waals surface area contributed by atoms with E-state index in [1.807, 2.05) is 0 Å². The van der Waals surface area contributed by atoms with Gasteiger partial charge in [-0.2, -0.15) is 0 Å². The highest BCUT2D eigenvalue weighted by Gasteiger charge is 2.29. The summed E-state index contributed by atoms with van der Waals surface area (Å²) in [5, 5.41) is 4.95. The van der Waals surface area contributed by atoms with Gasteiger partial charge in [0.25, 0.3) is 0 Å². The fourth-order valence-electron chi connectivity index (χ4n) is 6.66. The molecule has 5 rings (SSSR count). The van der Waals surface area contributed by atoms with Crippen molar-refractivity contribution in [3.63, 3.8) is 0 Å². The third-order valence-electron chi connectivity index (χ3n) is 9.04. The smallest absolute Gasteiger partial charge is 0.306 e. The van der Waals surface area contributed by atoms with Crippen molar-refractivity contribution in [2.75, 3.05) is 0 Å². The number of hydrogen-bond donors (Lipinski definition) is 0. The minimum atomic E-state index is -0.0166. The topological polar surface area (TPSA) is 35.5 Å². The normalized spacial score (nSPS) is 17.0. The van der Waals surface area contributed by atoms with Crippen molar-refractivity contribution in [1.82, 2.24) is 0 Å². The molecule has 1 aliphatic carbocycles. The lowest BCUT2D eigenvalue weighted by Gasteiger charge is -2.31. The van der Waals surface area contributed by atoms with Crippen LogP contribution in [0.15, 0.2) is 78.9 Å². The first-order valence-electron chi connectivity index (χ1n) is 16.5. The second-order valence-corrected chi connectivity index (χ2v) is 12.2. The molecule has 0 amide bonds. The van der Waals surface area contributed by atoms with Gasteiger partial charge in [0.2, 0.25) is 0 Å². The molecule has 1 saturated carbocycles. The molecule has 0 aliphatic heterocycles. The molecule has 0 unspecified atom stereocenters. The molecule has 0 bridgehead atoms. The van der Waals surface area contributed by atoms with Gasteiger partial charge in [0.1, 0.15) is 18.5 Å². The van der Waals surface area contributed by atoms with Gasteiger partial charge < -0.3 is 9.47 Å². The summed E-state index contributed by atoms with van der Waals surface area (Å²) in [6, 6.07) is 27.9. The summed E-state index contributed by atoms with van der Waals surface area (Å²) in [5.74, 6) is 1.12. The fraction of sp³-hybridized carbons (Fsp3) is 0.462. The molecule has 1 aliphatic rings. The summed E-state index contributed by atoms with van der Waals surface area (Å²) in [5.41, 5.74) is 2.47. The minimum Gasteiger partial charge on any atom is -0.489 e. The van der Waals surface area contributed by atoms with Gasteiger partial charge in [-0.1, -0.05) is 125 Å². The molecule has 0 aromatic heterocycles. The molecule has 0 spiro atoms. The van der Waals surface area contributed by atoms with Crippen LogP contribution in [0.3, 0.4) is 0 Å². The highest BCUT2D eigenvalue weighted by atomic mass is 16.5. The van der Waals surface area contributed by atoms with E-state index in [0.29, 0.717) is 13.0 Å². The maximum atomic E-state index is 12.7. The molecular formula is C39H48O3. The molecule has 0 radical (unpaired) electrons. The Morgan fingerprint density at radius 1 is 0.714 bits per heavy atom. The van der Waals surface area contributed by atoms with Crippen molar-refractivity contribution < 1.29 is 14.3 Å². The summed E-state index contributed by atoms with van der Waals surface area (Å²) < 4.78 is 12.4. The molecule has 3 heteroatoms. The first-order valence-corrected chi connectivity index (χ1v) is 16.5. The summed E-state index contributed by atoms with van der Waals surface area (Å²) in [4.78, 5) is 12.7. The number of benzene rings is 4. The number of ether oxygens (including phenoxy) is 2. The van der Waals surface area contributed by atoms with E-state index in [-0.39, 0.29) is 18.0 Å². The molecule has 222 valence electrons. The maximum absolute atomic E-state index is 12.7. The average Bonchev–Trinajstić information content (AvgIpc) is 3.03. The first kappa shape index (κ1) is 30.1. The average molecular weight is 565 g/mol. The number of esters is 1. The monoisotopic (exact) mass is 564 g/mol. The summed E-state index contributed by atoms with van der Waals surface area (Å²) in [6.07, 6.45) is 16.2. The van der Waals surface area contributed by atoms with E-state index in [4.69, 9.17) is 9.47 Å². The standard InChI is InChI=1S/C39H48O3/c1-2-3-4-5-6-7-8-9-10-23-39(40)42-38-22-16-15-21-36(38)30-24-26-33(27-25-30)41-29-37-34-19-13-11-17-31(34)28-32-18-12-14-20-35(32)37/h11-14,17-20,24-28,36,38H,2-10,15-16,21-23,29H2,1H3/t36-,38+/m1/s1. The van der Waals surface area contributed by atoms with Gasteiger partial charge in [0, 0.05) is 17.9 Å². The number of fused-ring (bicyclic) bond motifs is 2. The van der Waals surface area contributed by atoms with Crippen LogP contribution in [0.25, 0.3) is 21.5 Å². The zero-order valence-electron chi connectivity index (χ0n) is 25.5. The predicted molar refractivity (Wildman–Crippen MR) is 175 cm³/mol. The van der Waals surface area contributed by atoms with Crippen molar-refractivity contribution in [2.45, 2.75) is 115 Å². The van der Waals surface area contributed by atoms with Crippen LogP contribution in [0, 0.1) is 0 Å². The molecule has 3 nitrogen and oxygen atoms in total. The highest BCUT2D eigenvalue weighted by molar-refractivity contribution is 6.02. The first-order chi connectivity index (χ1) is 20.7. The molecule has 0 saturated heterocycles. The lowest BCUT2D eigenvalue weighted by Crippen LogP contribution is -2.28. The third-order valence-corrected chi connectivity index (χ3v) is 9.04. The molecular weight excluding hydrogens is 516 g/mol. The second kappa shape index (κ2) is 15.8. The van der Waals surface area contributed by atoms with Crippen LogP contribution in [0.5, 0.6) is 5.75 Å². The second-order valence-electron chi connectivity index (χ2n) is 12.2. The molecule has 1 fully saturated rings. The predicted octanol–water partition coefficient (Wildman–Crippen LogP) is 11.1. The Balaban J connectivity index is 1.13. The molecule has 0 N–H and O–H groups in total. The molecule has 2 atom stereocenters. The van der Waals surface area contributed by atoms with E-state index >= 15 is 0 Å². The Morgan fingerprint density at radius 2 is 1.31 bits per heavy atom. The number of carbonyl (C=O) groups excluding carboxylic acids is 1. The lowest BCUT2D eigenvalue weighted by atomic mass is 9.81. The van der Waals surface area contributed by atoms with Crippen molar-refractivity contribution in [3.05, 3.63) is 90.0 Å². The number of unbranched alkanes of at least 4 members (excludes halogenated alkanes) is 8. The number of rotatable bonds is 15. The Bertz CT molecular complexity index is 1350. The van der Waals surface area contributed by atoms with Crippen molar-refractivity contribution in [3.8, 4) is 5.75 Å². The Kier molecular flexibility index (Phi) is 11.3. The number of carbonyl (C=O) groups is 1. The van der Waals surface area contributed by atoms with Gasteiger partial charge in [0.15, 0.2) is 0 Å². The van der Waals surface area contributed by atoms with Crippen LogP contribution in [-0.2, 0) is 16.1 Å². The minimum absolute atomic E-state index is 0.0152. The Labute approximate surface area is 252 Å². The van der Waals surface area contributed by atoms with Crippen LogP contribution in [0.1, 0.15) is 114 Å². The zero-order chi connectivity index (χ0) is 29.0. The summed E-state index contributed by atoms with van der Waals surface area (Å²) in [7, 11) is 0. The third kappa shape index (κ3) is 8.15. The quantitative estimate of drug-likeness (QED) is 0.0818.